The van der Waals surface area contributed by atoms with Gasteiger partial charge in [0.05, 0.1) is 33.4 Å². The summed E-state index contributed by atoms with van der Waals surface area (Å²) in [5.41, 5.74) is 3.06. The first kappa shape index (κ1) is 32.3. The lowest BCUT2D eigenvalue weighted by Gasteiger charge is -2.30. The van der Waals surface area contributed by atoms with Gasteiger partial charge in [-0.15, -0.1) is 0 Å². The number of aliphatic hydroxyl groups is 1. The first-order valence-corrected chi connectivity index (χ1v) is 14.4. The predicted octanol–water partition coefficient (Wildman–Crippen LogP) is 7.53. The van der Waals surface area contributed by atoms with Gasteiger partial charge < -0.3 is 29.2 Å². The Labute approximate surface area is 245 Å². The quantitative estimate of drug-likeness (QED) is 0.256. The SMILES string of the molecule is COc1cc2c(c(O)c1CCC(C)(C)O)C(=O)C[C@@H](c1ccc(OC)c(OC)c1C/C=C(\C)CCCC(C)(C)C)O2. The molecule has 0 spiro atoms. The molecular weight excluding hydrogens is 520 g/mol. The Bertz CT molecular complexity index is 1260. The topological polar surface area (TPSA) is 94.5 Å². The number of phenols is 1. The van der Waals surface area contributed by atoms with Crippen LogP contribution in [0.4, 0.5) is 0 Å². The number of rotatable bonds is 12. The molecule has 0 radical (unpaired) electrons. The minimum Gasteiger partial charge on any atom is -0.507 e. The smallest absolute Gasteiger partial charge is 0.174 e. The fourth-order valence-corrected chi connectivity index (χ4v) is 5.31. The maximum atomic E-state index is 13.5. The zero-order valence-corrected chi connectivity index (χ0v) is 26.3. The van der Waals surface area contributed by atoms with E-state index in [0.29, 0.717) is 47.5 Å². The third-order valence-electron chi connectivity index (χ3n) is 7.64. The minimum absolute atomic E-state index is 0.0641. The number of carbonyl (C=O) groups is 1. The van der Waals surface area contributed by atoms with E-state index in [2.05, 4.69) is 33.8 Å². The Morgan fingerprint density at radius 3 is 2.29 bits per heavy atom. The van der Waals surface area contributed by atoms with Crippen molar-refractivity contribution in [1.29, 1.82) is 0 Å². The van der Waals surface area contributed by atoms with Crippen molar-refractivity contribution in [2.75, 3.05) is 21.3 Å². The third-order valence-corrected chi connectivity index (χ3v) is 7.64. The fourth-order valence-electron chi connectivity index (χ4n) is 5.31. The van der Waals surface area contributed by atoms with Crippen LogP contribution in [0.15, 0.2) is 29.8 Å². The van der Waals surface area contributed by atoms with Gasteiger partial charge in [-0.2, -0.15) is 0 Å². The normalized spacial score (nSPS) is 15.8. The third kappa shape index (κ3) is 8.19. The number of hydrogen-bond acceptors (Lipinski definition) is 7. The number of aromatic hydroxyl groups is 1. The number of benzene rings is 2. The molecule has 0 saturated carbocycles. The van der Waals surface area contributed by atoms with Crippen molar-refractivity contribution in [2.45, 2.75) is 98.2 Å². The van der Waals surface area contributed by atoms with Gasteiger partial charge in [0, 0.05) is 22.8 Å². The second-order valence-electron chi connectivity index (χ2n) is 12.9. The number of phenolic OH excluding ortho intramolecular Hbond substituents is 1. The average Bonchev–Trinajstić information content (AvgIpc) is 2.88. The molecule has 0 aromatic heterocycles. The highest BCUT2D eigenvalue weighted by atomic mass is 16.5. The largest absolute Gasteiger partial charge is 0.507 e. The lowest BCUT2D eigenvalue weighted by atomic mass is 9.88. The molecule has 41 heavy (non-hydrogen) atoms. The zero-order valence-electron chi connectivity index (χ0n) is 26.3. The number of hydrogen-bond donors (Lipinski definition) is 2. The van der Waals surface area contributed by atoms with Crippen LogP contribution in [0.5, 0.6) is 28.7 Å². The van der Waals surface area contributed by atoms with Crippen LogP contribution >= 0.6 is 0 Å². The molecule has 226 valence electrons. The van der Waals surface area contributed by atoms with Crippen molar-refractivity contribution in [3.05, 3.63) is 52.1 Å². The number of fused-ring (bicyclic) bond motifs is 1. The molecule has 1 aliphatic rings. The molecule has 2 N–H and O–H groups in total. The van der Waals surface area contributed by atoms with E-state index in [1.807, 2.05) is 12.1 Å². The van der Waals surface area contributed by atoms with Gasteiger partial charge in [-0.05, 0) is 70.8 Å². The van der Waals surface area contributed by atoms with Crippen molar-refractivity contribution < 1.29 is 34.0 Å². The van der Waals surface area contributed by atoms with E-state index in [1.165, 1.54) is 12.7 Å². The van der Waals surface area contributed by atoms with Gasteiger partial charge in [0.1, 0.15) is 28.9 Å². The molecule has 1 heterocycles. The molecule has 2 aromatic rings. The second kappa shape index (κ2) is 13.2. The monoisotopic (exact) mass is 568 g/mol. The lowest BCUT2D eigenvalue weighted by molar-refractivity contribution is 0.0711. The van der Waals surface area contributed by atoms with E-state index in [4.69, 9.17) is 18.9 Å². The van der Waals surface area contributed by atoms with Gasteiger partial charge in [-0.3, -0.25) is 4.79 Å². The summed E-state index contributed by atoms with van der Waals surface area (Å²) in [5.74, 6) is 1.57. The van der Waals surface area contributed by atoms with Crippen LogP contribution in [0.1, 0.15) is 107 Å². The minimum atomic E-state index is -0.928. The van der Waals surface area contributed by atoms with Gasteiger partial charge in [0.15, 0.2) is 17.3 Å². The Kier molecular flexibility index (Phi) is 10.4. The molecule has 0 amide bonds. The Balaban J connectivity index is 1.98. The molecule has 0 saturated heterocycles. The molecule has 0 fully saturated rings. The fraction of sp³-hybridized carbons (Fsp3) is 0.559. The number of methoxy groups -OCH3 is 3. The highest BCUT2D eigenvalue weighted by Gasteiger charge is 2.35. The lowest BCUT2D eigenvalue weighted by Crippen LogP contribution is -2.23. The van der Waals surface area contributed by atoms with Crippen molar-refractivity contribution in [1.82, 2.24) is 0 Å². The number of Topliss-reactive ketones (excluding diaryl/α,β-unsaturated/α-hetero) is 1. The van der Waals surface area contributed by atoms with Gasteiger partial charge in [0.2, 0.25) is 0 Å². The predicted molar refractivity (Wildman–Crippen MR) is 162 cm³/mol. The van der Waals surface area contributed by atoms with Crippen LogP contribution < -0.4 is 18.9 Å². The summed E-state index contributed by atoms with van der Waals surface area (Å²) in [5, 5.41) is 21.3. The van der Waals surface area contributed by atoms with Gasteiger partial charge in [-0.1, -0.05) is 38.5 Å². The van der Waals surface area contributed by atoms with E-state index >= 15 is 0 Å². The number of ketones is 1. The van der Waals surface area contributed by atoms with E-state index in [1.54, 1.807) is 34.1 Å². The molecule has 7 heteroatoms. The summed E-state index contributed by atoms with van der Waals surface area (Å²) < 4.78 is 23.4. The van der Waals surface area contributed by atoms with Gasteiger partial charge in [-0.25, -0.2) is 0 Å². The second-order valence-corrected chi connectivity index (χ2v) is 12.9. The van der Waals surface area contributed by atoms with E-state index in [0.717, 1.165) is 30.4 Å². The van der Waals surface area contributed by atoms with Crippen molar-refractivity contribution in [2.24, 2.45) is 5.41 Å². The number of carbonyl (C=O) groups excluding carboxylic acids is 1. The molecule has 0 aliphatic carbocycles. The summed E-state index contributed by atoms with van der Waals surface area (Å²) in [6.07, 6.45) is 6.33. The van der Waals surface area contributed by atoms with E-state index in [-0.39, 0.29) is 29.3 Å². The van der Waals surface area contributed by atoms with Gasteiger partial charge >= 0.3 is 0 Å². The first-order chi connectivity index (χ1) is 19.2. The molecule has 0 unspecified atom stereocenters. The number of allylic oxidation sites excluding steroid dienone is 2. The van der Waals surface area contributed by atoms with Crippen molar-refractivity contribution in [3.8, 4) is 28.7 Å². The molecule has 1 aliphatic heterocycles. The van der Waals surface area contributed by atoms with Crippen LogP contribution in [0.2, 0.25) is 0 Å². The van der Waals surface area contributed by atoms with Crippen LogP contribution in [-0.4, -0.2) is 42.9 Å². The summed E-state index contributed by atoms with van der Waals surface area (Å²) in [6, 6.07) is 5.43. The Hall–Kier alpha value is -3.19. The van der Waals surface area contributed by atoms with E-state index < -0.39 is 11.7 Å². The number of ether oxygens (including phenoxy) is 4. The van der Waals surface area contributed by atoms with Crippen molar-refractivity contribution in [3.63, 3.8) is 0 Å². The van der Waals surface area contributed by atoms with Crippen LogP contribution in [0, 0.1) is 5.41 Å². The summed E-state index contributed by atoms with van der Waals surface area (Å²) >= 11 is 0. The zero-order chi connectivity index (χ0) is 30.5. The van der Waals surface area contributed by atoms with Crippen molar-refractivity contribution >= 4 is 5.78 Å². The summed E-state index contributed by atoms with van der Waals surface area (Å²) in [7, 11) is 4.74. The maximum Gasteiger partial charge on any atom is 0.174 e. The van der Waals surface area contributed by atoms with Crippen LogP contribution in [0.25, 0.3) is 0 Å². The highest BCUT2D eigenvalue weighted by Crippen LogP contribution is 2.47. The molecule has 0 bridgehead atoms. The molecule has 7 nitrogen and oxygen atoms in total. The highest BCUT2D eigenvalue weighted by molar-refractivity contribution is 6.03. The van der Waals surface area contributed by atoms with E-state index in [9.17, 15) is 15.0 Å². The molecule has 3 rings (SSSR count). The van der Waals surface area contributed by atoms with Crippen LogP contribution in [0.3, 0.4) is 0 Å². The standard InChI is InChI=1S/C34H48O7/c1-21(11-10-17-33(2,3)4)12-13-23-22(14-15-26(38-7)32(23)40-9)28-19-25(35)30-29(41-28)20-27(39-8)24(31(30)36)16-18-34(5,6)37/h12,14-15,20,28,36-37H,10-11,13,16-19H2,1-9H3/b21-12+/t28-/m0/s1. The molecule has 1 atom stereocenters. The van der Waals surface area contributed by atoms with Gasteiger partial charge in [0.25, 0.3) is 0 Å². The Morgan fingerprint density at radius 1 is 1.02 bits per heavy atom. The first-order valence-electron chi connectivity index (χ1n) is 14.4. The summed E-state index contributed by atoms with van der Waals surface area (Å²) in [4.78, 5) is 13.5. The maximum absolute atomic E-state index is 13.5. The molecular formula is C34H48O7. The Morgan fingerprint density at radius 2 is 1.71 bits per heavy atom. The summed E-state index contributed by atoms with van der Waals surface area (Å²) in [6.45, 7) is 12.3. The van der Waals surface area contributed by atoms with Crippen LogP contribution in [-0.2, 0) is 12.8 Å². The molecule has 2 aromatic carbocycles. The average molecular weight is 569 g/mol.